The number of carbonyl (C=O) groups is 1. The van der Waals surface area contributed by atoms with Gasteiger partial charge in [0, 0.05) is 37.9 Å². The number of benzene rings is 2. The molecule has 172 valence electrons. The number of hydrogen-bond donors (Lipinski definition) is 3. The highest BCUT2D eigenvalue weighted by molar-refractivity contribution is 5.89. The maximum Gasteiger partial charge on any atom is 0.337 e. The van der Waals surface area contributed by atoms with Crippen LogP contribution in [0.3, 0.4) is 0 Å². The highest BCUT2D eigenvalue weighted by Gasteiger charge is 2.17. The average Bonchev–Trinajstić information content (AvgIpc) is 3.20. The predicted molar refractivity (Wildman–Crippen MR) is 121 cm³/mol. The molecule has 0 saturated carbocycles. The monoisotopic (exact) mass is 442 g/mol. The number of esters is 1. The molecule has 3 rings (SSSR count). The molecule has 0 bridgehead atoms. The molecule has 0 fully saturated rings. The highest BCUT2D eigenvalue weighted by atomic mass is 16.5. The summed E-state index contributed by atoms with van der Waals surface area (Å²) in [6.07, 6.45) is 0.455. The number of nitrogens with zero attached hydrogens (tertiary/aromatic N) is 2. The summed E-state index contributed by atoms with van der Waals surface area (Å²) in [6, 6.07) is 16.4. The first-order chi connectivity index (χ1) is 15.5. The number of rotatable bonds is 12. The number of aromatic nitrogens is 1. The molecule has 3 N–H and O–H groups in total. The van der Waals surface area contributed by atoms with Crippen molar-refractivity contribution >= 4 is 16.9 Å². The molecule has 2 atom stereocenters. The van der Waals surface area contributed by atoms with Crippen molar-refractivity contribution in [2.24, 2.45) is 0 Å². The third kappa shape index (κ3) is 6.54. The maximum atomic E-state index is 11.5. The van der Waals surface area contributed by atoms with Gasteiger partial charge in [0.1, 0.15) is 18.5 Å². The van der Waals surface area contributed by atoms with Crippen LogP contribution in [0.15, 0.2) is 60.8 Å². The van der Waals surface area contributed by atoms with Gasteiger partial charge in [0.25, 0.3) is 0 Å². The van der Waals surface area contributed by atoms with E-state index in [0.717, 1.165) is 10.9 Å². The lowest BCUT2D eigenvalue weighted by Crippen LogP contribution is -2.42. The van der Waals surface area contributed by atoms with Crippen molar-refractivity contribution in [1.29, 1.82) is 0 Å². The van der Waals surface area contributed by atoms with Crippen molar-refractivity contribution in [2.75, 3.05) is 40.0 Å². The van der Waals surface area contributed by atoms with Crippen LogP contribution < -0.4 is 4.74 Å². The van der Waals surface area contributed by atoms with E-state index in [9.17, 15) is 20.1 Å². The second-order valence-corrected chi connectivity index (χ2v) is 7.64. The van der Waals surface area contributed by atoms with Gasteiger partial charge in [0.15, 0.2) is 0 Å². The molecular formula is C24H30N2O6. The van der Waals surface area contributed by atoms with Gasteiger partial charge >= 0.3 is 5.97 Å². The SMILES string of the molecule is COC(=O)c1ccc(OC[C@@H](O)CN(CCO)C[C@H](O)Cn2ccc3ccccc32)cc1. The number of hydrogen-bond acceptors (Lipinski definition) is 7. The molecule has 1 aromatic heterocycles. The van der Waals surface area contributed by atoms with Gasteiger partial charge in [-0.25, -0.2) is 4.79 Å². The number of para-hydroxylation sites is 1. The second-order valence-electron chi connectivity index (χ2n) is 7.64. The minimum Gasteiger partial charge on any atom is -0.491 e. The van der Waals surface area contributed by atoms with Crippen molar-refractivity contribution in [3.8, 4) is 5.75 Å². The van der Waals surface area contributed by atoms with E-state index < -0.39 is 18.2 Å². The first-order valence-corrected chi connectivity index (χ1v) is 10.5. The van der Waals surface area contributed by atoms with Crippen molar-refractivity contribution in [3.05, 3.63) is 66.4 Å². The standard InChI is InChI=1S/C24H30N2O6/c1-31-24(30)19-6-8-22(9-7-19)32-17-21(29)15-25(12-13-27)14-20(28)16-26-11-10-18-4-2-3-5-23(18)26/h2-11,20-21,27-29H,12-17H2,1H3/t20-,21-/m0/s1. The van der Waals surface area contributed by atoms with Gasteiger partial charge in [-0.1, -0.05) is 18.2 Å². The van der Waals surface area contributed by atoms with Crippen LogP contribution in [0.4, 0.5) is 0 Å². The summed E-state index contributed by atoms with van der Waals surface area (Å²) in [4.78, 5) is 13.3. The fourth-order valence-corrected chi connectivity index (χ4v) is 3.63. The molecule has 0 amide bonds. The molecule has 0 aliphatic carbocycles. The normalized spacial score (nSPS) is 13.3. The van der Waals surface area contributed by atoms with Gasteiger partial charge in [0.2, 0.25) is 0 Å². The van der Waals surface area contributed by atoms with E-state index in [1.54, 1.807) is 24.3 Å². The molecule has 2 aromatic carbocycles. The molecular weight excluding hydrogens is 412 g/mol. The van der Waals surface area contributed by atoms with Crippen LogP contribution >= 0.6 is 0 Å². The molecule has 32 heavy (non-hydrogen) atoms. The number of carbonyl (C=O) groups excluding carboxylic acids is 1. The van der Waals surface area contributed by atoms with E-state index >= 15 is 0 Å². The van der Waals surface area contributed by atoms with Crippen molar-refractivity contribution in [3.63, 3.8) is 0 Å². The van der Waals surface area contributed by atoms with Gasteiger partial charge < -0.3 is 29.4 Å². The molecule has 0 aliphatic heterocycles. The van der Waals surface area contributed by atoms with Crippen LogP contribution in [0, 0.1) is 0 Å². The minimum atomic E-state index is -0.818. The second kappa shape index (κ2) is 11.6. The molecule has 8 nitrogen and oxygen atoms in total. The Morgan fingerprint density at radius 3 is 2.47 bits per heavy atom. The van der Waals surface area contributed by atoms with Crippen LogP contribution in [0.1, 0.15) is 10.4 Å². The molecule has 0 unspecified atom stereocenters. The summed E-state index contributed by atoms with van der Waals surface area (Å²) < 4.78 is 12.2. The summed E-state index contributed by atoms with van der Waals surface area (Å²) in [7, 11) is 1.32. The Bertz CT molecular complexity index is 988. The number of methoxy groups -OCH3 is 1. The zero-order chi connectivity index (χ0) is 22.9. The molecule has 1 heterocycles. The zero-order valence-electron chi connectivity index (χ0n) is 18.1. The molecule has 0 radical (unpaired) electrons. The van der Waals surface area contributed by atoms with Crippen LogP contribution in [-0.4, -0.2) is 82.9 Å². The van der Waals surface area contributed by atoms with E-state index in [2.05, 4.69) is 4.74 Å². The lowest BCUT2D eigenvalue weighted by atomic mass is 10.2. The number of fused-ring (bicyclic) bond motifs is 1. The Balaban J connectivity index is 1.49. The first kappa shape index (κ1) is 23.7. The lowest BCUT2D eigenvalue weighted by Gasteiger charge is -2.27. The van der Waals surface area contributed by atoms with Gasteiger partial charge in [-0.3, -0.25) is 4.90 Å². The summed E-state index contributed by atoms with van der Waals surface area (Å²) in [5.74, 6) is 0.0904. The predicted octanol–water partition coefficient (Wildman–Crippen LogP) is 1.52. The molecule has 0 spiro atoms. The Kier molecular flexibility index (Phi) is 8.64. The quantitative estimate of drug-likeness (QED) is 0.365. The number of aliphatic hydroxyl groups excluding tert-OH is 3. The third-order valence-electron chi connectivity index (χ3n) is 5.16. The van der Waals surface area contributed by atoms with Gasteiger partial charge in [0.05, 0.1) is 25.4 Å². The van der Waals surface area contributed by atoms with E-state index in [0.29, 0.717) is 30.9 Å². The van der Waals surface area contributed by atoms with Gasteiger partial charge in [-0.2, -0.15) is 0 Å². The topological polar surface area (TPSA) is 104 Å². The first-order valence-electron chi connectivity index (χ1n) is 10.5. The van der Waals surface area contributed by atoms with Crippen LogP contribution in [0.25, 0.3) is 10.9 Å². The maximum absolute atomic E-state index is 11.5. The number of ether oxygens (including phenoxy) is 2. The Hall–Kier alpha value is -2.91. The third-order valence-corrected chi connectivity index (χ3v) is 5.16. The smallest absolute Gasteiger partial charge is 0.337 e. The molecule has 8 heteroatoms. The Morgan fingerprint density at radius 2 is 1.75 bits per heavy atom. The van der Waals surface area contributed by atoms with Crippen LogP contribution in [0.5, 0.6) is 5.75 Å². The zero-order valence-corrected chi connectivity index (χ0v) is 18.1. The Morgan fingerprint density at radius 1 is 1.03 bits per heavy atom. The lowest BCUT2D eigenvalue weighted by molar-refractivity contribution is 0.0351. The molecule has 3 aromatic rings. The summed E-state index contributed by atoms with van der Waals surface area (Å²) in [6.45, 7) is 1.24. The molecule has 0 aliphatic rings. The van der Waals surface area contributed by atoms with Crippen molar-refractivity contribution in [1.82, 2.24) is 9.47 Å². The fraction of sp³-hybridized carbons (Fsp3) is 0.375. The van der Waals surface area contributed by atoms with Crippen molar-refractivity contribution in [2.45, 2.75) is 18.8 Å². The van der Waals surface area contributed by atoms with Crippen molar-refractivity contribution < 1.29 is 29.6 Å². The van der Waals surface area contributed by atoms with Gasteiger partial charge in [-0.05, 0) is 41.8 Å². The van der Waals surface area contributed by atoms with E-state index in [1.807, 2.05) is 46.0 Å². The summed E-state index contributed by atoms with van der Waals surface area (Å²) >= 11 is 0. The van der Waals surface area contributed by atoms with Crippen LogP contribution in [0.2, 0.25) is 0 Å². The summed E-state index contributed by atoms with van der Waals surface area (Å²) in [5, 5.41) is 31.5. The largest absolute Gasteiger partial charge is 0.491 e. The average molecular weight is 443 g/mol. The van der Waals surface area contributed by atoms with Gasteiger partial charge in [-0.15, -0.1) is 0 Å². The Labute approximate surface area is 187 Å². The van der Waals surface area contributed by atoms with E-state index in [-0.39, 0.29) is 19.8 Å². The highest BCUT2D eigenvalue weighted by Crippen LogP contribution is 2.16. The van der Waals surface area contributed by atoms with E-state index in [4.69, 9.17) is 4.74 Å². The van der Waals surface area contributed by atoms with E-state index in [1.165, 1.54) is 7.11 Å². The van der Waals surface area contributed by atoms with Crippen LogP contribution in [-0.2, 0) is 11.3 Å². The molecule has 0 saturated heterocycles. The summed E-state index contributed by atoms with van der Waals surface area (Å²) in [5.41, 5.74) is 1.46. The minimum absolute atomic E-state index is 0.0395. The number of aliphatic hydroxyl groups is 3. The fourth-order valence-electron chi connectivity index (χ4n) is 3.63.